The predicted octanol–water partition coefficient (Wildman–Crippen LogP) is 1.92. The quantitative estimate of drug-likeness (QED) is 0.868. The Labute approximate surface area is 103 Å². The number of nitrogens with one attached hydrogen (secondary N) is 1. The highest BCUT2D eigenvalue weighted by Gasteiger charge is 2.28. The average molecular weight is 235 g/mol. The summed E-state index contributed by atoms with van der Waals surface area (Å²) in [7, 11) is 1.72. The Hall–Kier alpha value is -1.06. The van der Waals surface area contributed by atoms with Crippen molar-refractivity contribution >= 4 is 0 Å². The van der Waals surface area contributed by atoms with Crippen molar-refractivity contribution in [3.05, 3.63) is 29.3 Å². The molecule has 3 heteroatoms. The Morgan fingerprint density at radius 1 is 1.47 bits per heavy atom. The van der Waals surface area contributed by atoms with Gasteiger partial charge in [-0.3, -0.25) is 0 Å². The molecule has 0 bridgehead atoms. The van der Waals surface area contributed by atoms with E-state index >= 15 is 0 Å². The minimum Gasteiger partial charge on any atom is -0.496 e. The van der Waals surface area contributed by atoms with Gasteiger partial charge in [0.25, 0.3) is 0 Å². The number of methoxy groups -OCH3 is 1. The molecule has 1 unspecified atom stereocenters. The van der Waals surface area contributed by atoms with Crippen LogP contribution in [0.4, 0.5) is 0 Å². The third-order valence-corrected chi connectivity index (χ3v) is 3.24. The largest absolute Gasteiger partial charge is 0.496 e. The minimum absolute atomic E-state index is 0.0132. The molecule has 1 heterocycles. The summed E-state index contributed by atoms with van der Waals surface area (Å²) in [6.45, 7) is 6.79. The van der Waals surface area contributed by atoms with Crippen LogP contribution < -0.4 is 10.1 Å². The zero-order chi connectivity index (χ0) is 12.3. The van der Waals surface area contributed by atoms with Crippen LogP contribution in [0.2, 0.25) is 0 Å². The molecule has 0 saturated carbocycles. The Morgan fingerprint density at radius 3 is 2.94 bits per heavy atom. The summed E-state index contributed by atoms with van der Waals surface area (Å²) in [5.74, 6) is 0.962. The van der Waals surface area contributed by atoms with Gasteiger partial charge in [-0.2, -0.15) is 0 Å². The van der Waals surface area contributed by atoms with Crippen LogP contribution in [0.25, 0.3) is 0 Å². The van der Waals surface area contributed by atoms with Crippen LogP contribution in [0.1, 0.15) is 18.1 Å². The normalized spacial score (nSPS) is 24.6. The molecular formula is C14H21NO2. The summed E-state index contributed by atoms with van der Waals surface area (Å²) in [4.78, 5) is 0. The molecule has 1 aromatic carbocycles. The lowest BCUT2D eigenvalue weighted by atomic mass is 9.91. The van der Waals surface area contributed by atoms with Gasteiger partial charge in [-0.25, -0.2) is 0 Å². The summed E-state index contributed by atoms with van der Waals surface area (Å²) < 4.78 is 11.0. The maximum atomic E-state index is 5.56. The van der Waals surface area contributed by atoms with Gasteiger partial charge in [0.05, 0.1) is 20.3 Å². The Balaban J connectivity index is 2.19. The van der Waals surface area contributed by atoms with E-state index in [1.54, 1.807) is 7.11 Å². The van der Waals surface area contributed by atoms with Crippen LogP contribution in [0, 0.1) is 6.92 Å². The first-order valence-corrected chi connectivity index (χ1v) is 6.09. The van der Waals surface area contributed by atoms with Gasteiger partial charge in [-0.15, -0.1) is 0 Å². The second kappa shape index (κ2) is 5.07. The van der Waals surface area contributed by atoms with Gasteiger partial charge in [-0.05, 0) is 31.9 Å². The van der Waals surface area contributed by atoms with Gasteiger partial charge in [0.2, 0.25) is 0 Å². The lowest BCUT2D eigenvalue weighted by molar-refractivity contribution is 0.0353. The average Bonchev–Trinajstić information content (AvgIpc) is 2.29. The molecule has 1 aliphatic heterocycles. The molecule has 0 spiro atoms. The van der Waals surface area contributed by atoms with Crippen molar-refractivity contribution in [2.45, 2.75) is 25.8 Å². The molecule has 1 aliphatic rings. The van der Waals surface area contributed by atoms with Gasteiger partial charge in [0.1, 0.15) is 5.75 Å². The molecule has 0 aromatic heterocycles. The van der Waals surface area contributed by atoms with Gasteiger partial charge >= 0.3 is 0 Å². The number of hydrogen-bond donors (Lipinski definition) is 1. The van der Waals surface area contributed by atoms with Crippen molar-refractivity contribution in [2.75, 3.05) is 26.9 Å². The van der Waals surface area contributed by atoms with E-state index in [9.17, 15) is 0 Å². The standard InChI is InChI=1S/C14H21NO2/c1-11-4-5-13(16-3)12(8-11)9-14(2)10-17-7-6-15-14/h4-5,8,15H,6-7,9-10H2,1-3H3. The zero-order valence-electron chi connectivity index (χ0n) is 10.9. The van der Waals surface area contributed by atoms with Crippen molar-refractivity contribution in [3.8, 4) is 5.75 Å². The van der Waals surface area contributed by atoms with Gasteiger partial charge in [-0.1, -0.05) is 17.7 Å². The molecule has 1 fully saturated rings. The van der Waals surface area contributed by atoms with Crippen LogP contribution in [-0.4, -0.2) is 32.4 Å². The Bertz CT molecular complexity index is 384. The maximum Gasteiger partial charge on any atom is 0.122 e. The second-order valence-electron chi connectivity index (χ2n) is 5.03. The van der Waals surface area contributed by atoms with Crippen molar-refractivity contribution < 1.29 is 9.47 Å². The second-order valence-corrected chi connectivity index (χ2v) is 5.03. The van der Waals surface area contributed by atoms with E-state index in [1.807, 2.05) is 6.07 Å². The number of benzene rings is 1. The highest BCUT2D eigenvalue weighted by molar-refractivity contribution is 5.38. The SMILES string of the molecule is COc1ccc(C)cc1CC1(C)COCCN1. The summed E-state index contributed by atoms with van der Waals surface area (Å²) in [5.41, 5.74) is 2.52. The van der Waals surface area contributed by atoms with Crippen LogP contribution >= 0.6 is 0 Å². The van der Waals surface area contributed by atoms with E-state index < -0.39 is 0 Å². The molecule has 1 saturated heterocycles. The highest BCUT2D eigenvalue weighted by atomic mass is 16.5. The third kappa shape index (κ3) is 2.99. The number of aryl methyl sites for hydroxylation is 1. The van der Waals surface area contributed by atoms with E-state index in [1.165, 1.54) is 11.1 Å². The van der Waals surface area contributed by atoms with E-state index in [-0.39, 0.29) is 5.54 Å². The summed E-state index contributed by atoms with van der Waals surface area (Å²) in [6.07, 6.45) is 0.928. The molecular weight excluding hydrogens is 214 g/mol. The molecule has 0 radical (unpaired) electrons. The van der Waals surface area contributed by atoms with E-state index in [4.69, 9.17) is 9.47 Å². The van der Waals surface area contributed by atoms with Crippen LogP contribution in [0.15, 0.2) is 18.2 Å². The van der Waals surface area contributed by atoms with Crippen LogP contribution in [0.5, 0.6) is 5.75 Å². The molecule has 1 N–H and O–H groups in total. The van der Waals surface area contributed by atoms with Crippen molar-refractivity contribution in [1.29, 1.82) is 0 Å². The first kappa shape index (κ1) is 12.4. The molecule has 1 atom stereocenters. The summed E-state index contributed by atoms with van der Waals surface area (Å²) in [6, 6.07) is 6.31. The van der Waals surface area contributed by atoms with Crippen LogP contribution in [0.3, 0.4) is 0 Å². The predicted molar refractivity (Wildman–Crippen MR) is 68.7 cm³/mol. The maximum absolute atomic E-state index is 5.56. The number of ether oxygens (including phenoxy) is 2. The highest BCUT2D eigenvalue weighted by Crippen LogP contribution is 2.25. The molecule has 3 nitrogen and oxygen atoms in total. The topological polar surface area (TPSA) is 30.5 Å². The molecule has 0 amide bonds. The van der Waals surface area contributed by atoms with E-state index in [2.05, 4.69) is 31.3 Å². The molecule has 17 heavy (non-hydrogen) atoms. The minimum atomic E-state index is 0.0132. The molecule has 94 valence electrons. The molecule has 1 aromatic rings. The van der Waals surface area contributed by atoms with Gasteiger partial charge in [0.15, 0.2) is 0 Å². The fourth-order valence-corrected chi connectivity index (χ4v) is 2.35. The lowest BCUT2D eigenvalue weighted by Crippen LogP contribution is -2.53. The molecule has 0 aliphatic carbocycles. The monoisotopic (exact) mass is 235 g/mol. The Morgan fingerprint density at radius 2 is 2.29 bits per heavy atom. The van der Waals surface area contributed by atoms with Crippen LogP contribution in [-0.2, 0) is 11.2 Å². The number of hydrogen-bond acceptors (Lipinski definition) is 3. The van der Waals surface area contributed by atoms with Gasteiger partial charge in [0, 0.05) is 12.1 Å². The fourth-order valence-electron chi connectivity index (χ4n) is 2.35. The number of morpholine rings is 1. The van der Waals surface area contributed by atoms with E-state index in [0.29, 0.717) is 0 Å². The molecule has 2 rings (SSSR count). The van der Waals surface area contributed by atoms with Crippen molar-refractivity contribution in [1.82, 2.24) is 5.32 Å². The summed E-state index contributed by atoms with van der Waals surface area (Å²) in [5, 5.41) is 3.53. The smallest absolute Gasteiger partial charge is 0.122 e. The third-order valence-electron chi connectivity index (χ3n) is 3.24. The Kier molecular flexibility index (Phi) is 3.69. The lowest BCUT2D eigenvalue weighted by Gasteiger charge is -2.35. The zero-order valence-corrected chi connectivity index (χ0v) is 10.9. The van der Waals surface area contributed by atoms with Crippen molar-refractivity contribution in [2.24, 2.45) is 0 Å². The van der Waals surface area contributed by atoms with Gasteiger partial charge < -0.3 is 14.8 Å². The van der Waals surface area contributed by atoms with Crippen molar-refractivity contribution in [3.63, 3.8) is 0 Å². The first-order valence-electron chi connectivity index (χ1n) is 6.09. The number of rotatable bonds is 3. The fraction of sp³-hybridized carbons (Fsp3) is 0.571. The van der Waals surface area contributed by atoms with E-state index in [0.717, 1.165) is 31.9 Å². The summed E-state index contributed by atoms with van der Waals surface area (Å²) >= 11 is 0. The first-order chi connectivity index (χ1) is 8.13.